The average Bonchev–Trinajstić information content (AvgIpc) is 2.54. The van der Waals surface area contributed by atoms with E-state index >= 15 is 0 Å². The molecule has 23 heavy (non-hydrogen) atoms. The Kier molecular flexibility index (Phi) is 5.74. The fourth-order valence-corrected chi connectivity index (χ4v) is 2.41. The van der Waals surface area contributed by atoms with Crippen molar-refractivity contribution in [2.45, 2.75) is 40.5 Å². The number of rotatable bonds is 6. The quantitative estimate of drug-likeness (QED) is 0.804. The summed E-state index contributed by atoms with van der Waals surface area (Å²) in [6.07, 6.45) is 3.38. The predicted molar refractivity (Wildman–Crippen MR) is 96.1 cm³/mol. The third-order valence-electron chi connectivity index (χ3n) is 4.17. The highest BCUT2D eigenvalue weighted by atomic mass is 16.1. The second-order valence-electron chi connectivity index (χ2n) is 5.86. The number of hydrogen-bond acceptors (Lipinski definition) is 3. The molecule has 0 aliphatic rings. The standard InChI is InChI=1S/C19H25N3O/c1-5-15(6-2)19(23)22-17-9-10-18(20-12-17)21-16-8-7-13(3)14(4)11-16/h7-12,15H,5-6H2,1-4H3,(H,20,21)(H,22,23). The van der Waals surface area contributed by atoms with Crippen LogP contribution in [-0.2, 0) is 4.79 Å². The lowest BCUT2D eigenvalue weighted by Crippen LogP contribution is -2.21. The average molecular weight is 311 g/mol. The maximum Gasteiger partial charge on any atom is 0.227 e. The van der Waals surface area contributed by atoms with Crippen molar-refractivity contribution in [2.24, 2.45) is 5.92 Å². The molecule has 0 radical (unpaired) electrons. The third kappa shape index (κ3) is 4.55. The van der Waals surface area contributed by atoms with Crippen LogP contribution in [0.4, 0.5) is 17.2 Å². The fourth-order valence-electron chi connectivity index (χ4n) is 2.41. The zero-order valence-corrected chi connectivity index (χ0v) is 14.3. The van der Waals surface area contributed by atoms with Crippen molar-refractivity contribution in [3.63, 3.8) is 0 Å². The number of aromatic nitrogens is 1. The van der Waals surface area contributed by atoms with Crippen LogP contribution < -0.4 is 10.6 Å². The Morgan fingerprint density at radius 3 is 2.30 bits per heavy atom. The summed E-state index contributed by atoms with van der Waals surface area (Å²) in [5.41, 5.74) is 4.24. The first-order chi connectivity index (χ1) is 11.0. The van der Waals surface area contributed by atoms with Crippen LogP contribution in [0.1, 0.15) is 37.8 Å². The van der Waals surface area contributed by atoms with Gasteiger partial charge >= 0.3 is 0 Å². The maximum absolute atomic E-state index is 12.1. The summed E-state index contributed by atoms with van der Waals surface area (Å²) in [5, 5.41) is 6.20. The molecule has 0 saturated heterocycles. The van der Waals surface area contributed by atoms with Gasteiger partial charge in [-0.3, -0.25) is 4.79 Å². The van der Waals surface area contributed by atoms with Crippen molar-refractivity contribution in [3.05, 3.63) is 47.7 Å². The van der Waals surface area contributed by atoms with Crippen LogP contribution in [0.25, 0.3) is 0 Å². The second kappa shape index (κ2) is 7.77. The highest BCUT2D eigenvalue weighted by molar-refractivity contribution is 5.92. The lowest BCUT2D eigenvalue weighted by molar-refractivity contribution is -0.120. The first-order valence-electron chi connectivity index (χ1n) is 8.14. The highest BCUT2D eigenvalue weighted by Crippen LogP contribution is 2.20. The fraction of sp³-hybridized carbons (Fsp3) is 0.368. The van der Waals surface area contributed by atoms with E-state index in [9.17, 15) is 4.79 Å². The minimum Gasteiger partial charge on any atom is -0.340 e. The Hall–Kier alpha value is -2.36. The molecule has 0 bridgehead atoms. The van der Waals surface area contributed by atoms with E-state index in [0.29, 0.717) is 0 Å². The van der Waals surface area contributed by atoms with E-state index in [1.807, 2.05) is 32.0 Å². The molecule has 4 heteroatoms. The zero-order valence-electron chi connectivity index (χ0n) is 14.3. The number of carbonyl (C=O) groups excluding carboxylic acids is 1. The molecule has 2 rings (SSSR count). The normalized spacial score (nSPS) is 10.7. The minimum absolute atomic E-state index is 0.0586. The van der Waals surface area contributed by atoms with Crippen LogP contribution in [0.3, 0.4) is 0 Å². The number of hydrogen-bond donors (Lipinski definition) is 2. The molecule has 0 atom stereocenters. The first-order valence-corrected chi connectivity index (χ1v) is 8.14. The van der Waals surface area contributed by atoms with Crippen LogP contribution >= 0.6 is 0 Å². The monoisotopic (exact) mass is 311 g/mol. The van der Waals surface area contributed by atoms with Crippen molar-refractivity contribution in [1.29, 1.82) is 0 Å². The smallest absolute Gasteiger partial charge is 0.227 e. The molecule has 1 amide bonds. The molecule has 1 aromatic carbocycles. The Balaban J connectivity index is 2.01. The molecular weight excluding hydrogens is 286 g/mol. The molecule has 1 heterocycles. The van der Waals surface area contributed by atoms with Crippen molar-refractivity contribution in [2.75, 3.05) is 10.6 Å². The van der Waals surface area contributed by atoms with Crippen LogP contribution in [-0.4, -0.2) is 10.9 Å². The summed E-state index contributed by atoms with van der Waals surface area (Å²) in [6.45, 7) is 8.24. The number of nitrogens with zero attached hydrogens (tertiary/aromatic N) is 1. The van der Waals surface area contributed by atoms with Crippen LogP contribution in [0.15, 0.2) is 36.5 Å². The van der Waals surface area contributed by atoms with E-state index in [1.165, 1.54) is 11.1 Å². The minimum atomic E-state index is 0.0586. The molecule has 0 saturated carbocycles. The maximum atomic E-state index is 12.1. The largest absolute Gasteiger partial charge is 0.340 e. The van der Waals surface area contributed by atoms with Gasteiger partial charge in [-0.05, 0) is 62.1 Å². The number of amides is 1. The molecule has 0 fully saturated rings. The van der Waals surface area contributed by atoms with E-state index in [2.05, 4.69) is 41.6 Å². The number of benzene rings is 1. The van der Waals surface area contributed by atoms with Crippen LogP contribution in [0.2, 0.25) is 0 Å². The molecule has 1 aromatic heterocycles. The Morgan fingerprint density at radius 2 is 1.74 bits per heavy atom. The molecular formula is C19H25N3O. The second-order valence-corrected chi connectivity index (χ2v) is 5.86. The van der Waals surface area contributed by atoms with E-state index in [0.717, 1.165) is 30.0 Å². The number of aryl methyl sites for hydroxylation is 2. The van der Waals surface area contributed by atoms with Gasteiger partial charge in [0.1, 0.15) is 5.82 Å². The third-order valence-corrected chi connectivity index (χ3v) is 4.17. The van der Waals surface area contributed by atoms with E-state index in [4.69, 9.17) is 0 Å². The summed E-state index contributed by atoms with van der Waals surface area (Å²) < 4.78 is 0. The molecule has 0 aliphatic heterocycles. The van der Waals surface area contributed by atoms with Gasteiger partial charge in [0.25, 0.3) is 0 Å². The van der Waals surface area contributed by atoms with Crippen LogP contribution in [0.5, 0.6) is 0 Å². The topological polar surface area (TPSA) is 54.0 Å². The Morgan fingerprint density at radius 1 is 1.04 bits per heavy atom. The molecule has 122 valence electrons. The molecule has 0 unspecified atom stereocenters. The zero-order chi connectivity index (χ0) is 16.8. The number of nitrogens with one attached hydrogen (secondary N) is 2. The van der Waals surface area contributed by atoms with Gasteiger partial charge in [0.2, 0.25) is 5.91 Å². The van der Waals surface area contributed by atoms with E-state index in [-0.39, 0.29) is 11.8 Å². The van der Waals surface area contributed by atoms with Crippen molar-refractivity contribution >= 4 is 23.1 Å². The van der Waals surface area contributed by atoms with Gasteiger partial charge in [-0.2, -0.15) is 0 Å². The molecule has 2 N–H and O–H groups in total. The lowest BCUT2D eigenvalue weighted by Gasteiger charge is -2.13. The van der Waals surface area contributed by atoms with E-state index in [1.54, 1.807) is 6.20 Å². The summed E-state index contributed by atoms with van der Waals surface area (Å²) in [5.74, 6) is 0.879. The van der Waals surface area contributed by atoms with Gasteiger partial charge in [0.15, 0.2) is 0 Å². The van der Waals surface area contributed by atoms with Gasteiger partial charge in [-0.25, -0.2) is 4.98 Å². The van der Waals surface area contributed by atoms with Crippen molar-refractivity contribution in [3.8, 4) is 0 Å². The summed E-state index contributed by atoms with van der Waals surface area (Å²) in [7, 11) is 0. The van der Waals surface area contributed by atoms with Crippen LogP contribution in [0, 0.1) is 19.8 Å². The molecule has 0 aliphatic carbocycles. The number of pyridine rings is 1. The lowest BCUT2D eigenvalue weighted by atomic mass is 10.0. The first kappa shape index (κ1) is 17.0. The van der Waals surface area contributed by atoms with Gasteiger partial charge in [0, 0.05) is 11.6 Å². The number of anilines is 3. The summed E-state index contributed by atoms with van der Waals surface area (Å²) >= 11 is 0. The Bertz CT molecular complexity index is 661. The van der Waals surface area contributed by atoms with Gasteiger partial charge in [-0.1, -0.05) is 19.9 Å². The van der Waals surface area contributed by atoms with Crippen molar-refractivity contribution < 1.29 is 4.79 Å². The summed E-state index contributed by atoms with van der Waals surface area (Å²) in [6, 6.07) is 9.96. The van der Waals surface area contributed by atoms with Crippen molar-refractivity contribution in [1.82, 2.24) is 4.98 Å². The predicted octanol–water partition coefficient (Wildman–Crippen LogP) is 4.82. The Labute approximate surface area is 138 Å². The summed E-state index contributed by atoms with van der Waals surface area (Å²) in [4.78, 5) is 16.4. The molecule has 2 aromatic rings. The van der Waals surface area contributed by atoms with Gasteiger partial charge in [0.05, 0.1) is 11.9 Å². The van der Waals surface area contributed by atoms with E-state index < -0.39 is 0 Å². The molecule has 4 nitrogen and oxygen atoms in total. The number of carbonyl (C=O) groups is 1. The highest BCUT2D eigenvalue weighted by Gasteiger charge is 2.14. The van der Waals surface area contributed by atoms with Gasteiger partial charge in [-0.15, -0.1) is 0 Å². The molecule has 0 spiro atoms. The van der Waals surface area contributed by atoms with Gasteiger partial charge < -0.3 is 10.6 Å². The SMILES string of the molecule is CCC(CC)C(=O)Nc1ccc(Nc2ccc(C)c(C)c2)nc1.